The molecule has 1 unspecified atom stereocenters. The maximum atomic E-state index is 9.61. The van der Waals surface area contributed by atoms with E-state index in [9.17, 15) is 5.11 Å². The molecule has 0 aliphatic heterocycles. The van der Waals surface area contributed by atoms with Crippen LogP contribution in [0.5, 0.6) is 0 Å². The minimum absolute atomic E-state index is 0.0298. The highest BCUT2D eigenvalue weighted by Crippen LogP contribution is 2.39. The molecular formula is C19H38O. The number of hydrogen-bond donors (Lipinski definition) is 1. The zero-order chi connectivity index (χ0) is 16.2. The second-order valence-electron chi connectivity index (χ2n) is 9.55. The molecule has 0 aliphatic rings. The van der Waals surface area contributed by atoms with Gasteiger partial charge in [-0.25, -0.2) is 0 Å². The van der Waals surface area contributed by atoms with Crippen molar-refractivity contribution in [2.45, 2.75) is 81.6 Å². The van der Waals surface area contributed by atoms with Gasteiger partial charge in [0.05, 0.1) is 0 Å². The predicted molar refractivity (Wildman–Crippen MR) is 90.9 cm³/mol. The average molecular weight is 283 g/mol. The highest BCUT2D eigenvalue weighted by Gasteiger charge is 2.30. The van der Waals surface area contributed by atoms with Gasteiger partial charge in [0.2, 0.25) is 0 Å². The highest BCUT2D eigenvalue weighted by atomic mass is 16.3. The molecule has 0 fully saturated rings. The molecule has 1 heteroatoms. The highest BCUT2D eigenvalue weighted by molar-refractivity contribution is 5.04. The minimum Gasteiger partial charge on any atom is -0.396 e. The third-order valence-corrected chi connectivity index (χ3v) is 4.09. The van der Waals surface area contributed by atoms with Crippen molar-refractivity contribution in [3.8, 4) is 0 Å². The third-order valence-electron chi connectivity index (χ3n) is 4.09. The molecule has 0 aromatic rings. The summed E-state index contributed by atoms with van der Waals surface area (Å²) >= 11 is 0. The molecule has 0 radical (unpaired) electrons. The summed E-state index contributed by atoms with van der Waals surface area (Å²) in [5, 5.41) is 9.61. The van der Waals surface area contributed by atoms with Crippen molar-refractivity contribution in [1.29, 1.82) is 0 Å². The third kappa shape index (κ3) is 8.09. The summed E-state index contributed by atoms with van der Waals surface area (Å²) in [7, 11) is 0. The van der Waals surface area contributed by atoms with E-state index in [2.05, 4.69) is 74.5 Å². The maximum absolute atomic E-state index is 9.61. The van der Waals surface area contributed by atoms with Crippen LogP contribution in [-0.4, -0.2) is 11.7 Å². The molecule has 0 aromatic carbocycles. The molecule has 0 saturated heterocycles. The van der Waals surface area contributed by atoms with Gasteiger partial charge in [0.15, 0.2) is 0 Å². The lowest BCUT2D eigenvalue weighted by Crippen LogP contribution is -2.28. The van der Waals surface area contributed by atoms with Crippen molar-refractivity contribution in [3.63, 3.8) is 0 Å². The summed E-state index contributed by atoms with van der Waals surface area (Å²) in [5.41, 5.74) is 0.725. The Morgan fingerprint density at radius 2 is 1.15 bits per heavy atom. The van der Waals surface area contributed by atoms with Crippen LogP contribution in [0.25, 0.3) is 0 Å². The van der Waals surface area contributed by atoms with Crippen LogP contribution in [0.15, 0.2) is 12.2 Å². The van der Waals surface area contributed by atoms with Crippen LogP contribution in [0, 0.1) is 21.7 Å². The molecule has 0 spiro atoms. The second kappa shape index (κ2) is 6.64. The van der Waals surface area contributed by atoms with Gasteiger partial charge in [0, 0.05) is 6.61 Å². The van der Waals surface area contributed by atoms with Gasteiger partial charge in [-0.3, -0.25) is 0 Å². The number of rotatable bonds is 7. The van der Waals surface area contributed by atoms with E-state index in [1.54, 1.807) is 0 Å². The fourth-order valence-electron chi connectivity index (χ4n) is 3.33. The summed E-state index contributed by atoms with van der Waals surface area (Å²) in [6, 6.07) is 0. The lowest BCUT2D eigenvalue weighted by Gasteiger charge is -2.35. The largest absolute Gasteiger partial charge is 0.396 e. The standard InChI is InChI=1S/C19H38O/c1-10-19(9,15-20)14-18(7,8)12-11-17(5,6)13-16(2,3)4/h11-12,20H,10,13-15H2,1-9H3. The molecule has 120 valence electrons. The normalized spacial score (nSPS) is 17.5. The summed E-state index contributed by atoms with van der Waals surface area (Å²) in [4.78, 5) is 0. The fourth-order valence-corrected chi connectivity index (χ4v) is 3.33. The van der Waals surface area contributed by atoms with Gasteiger partial charge in [-0.15, -0.1) is 0 Å². The molecule has 20 heavy (non-hydrogen) atoms. The quantitative estimate of drug-likeness (QED) is 0.582. The Hall–Kier alpha value is -0.300. The summed E-state index contributed by atoms with van der Waals surface area (Å²) < 4.78 is 0. The minimum atomic E-state index is 0.0298. The number of allylic oxidation sites excluding steroid dienone is 2. The molecule has 1 atom stereocenters. The number of aliphatic hydroxyl groups is 1. The second-order valence-corrected chi connectivity index (χ2v) is 9.55. The van der Waals surface area contributed by atoms with Crippen molar-refractivity contribution in [2.75, 3.05) is 6.61 Å². The zero-order valence-corrected chi connectivity index (χ0v) is 15.4. The molecule has 0 heterocycles. The van der Waals surface area contributed by atoms with E-state index >= 15 is 0 Å². The predicted octanol–water partition coefficient (Wildman–Crippen LogP) is 5.83. The van der Waals surface area contributed by atoms with Crippen molar-refractivity contribution in [1.82, 2.24) is 0 Å². The first kappa shape index (κ1) is 19.7. The van der Waals surface area contributed by atoms with E-state index in [0.29, 0.717) is 5.41 Å². The lowest BCUT2D eigenvalue weighted by molar-refractivity contribution is 0.0976. The SMILES string of the molecule is CCC(C)(CO)CC(C)(C)C=CC(C)(C)CC(C)(C)C. The van der Waals surface area contributed by atoms with Crippen LogP contribution in [0.1, 0.15) is 81.6 Å². The Morgan fingerprint density at radius 3 is 1.45 bits per heavy atom. The van der Waals surface area contributed by atoms with Gasteiger partial charge in [-0.2, -0.15) is 0 Å². The number of aliphatic hydroxyl groups excluding tert-OH is 1. The summed E-state index contributed by atoms with van der Waals surface area (Å²) in [6.07, 6.45) is 7.97. The van der Waals surface area contributed by atoms with Crippen molar-refractivity contribution >= 4 is 0 Å². The Bertz CT molecular complexity index is 311. The van der Waals surface area contributed by atoms with Crippen LogP contribution in [0.2, 0.25) is 0 Å². The van der Waals surface area contributed by atoms with E-state index < -0.39 is 0 Å². The van der Waals surface area contributed by atoms with E-state index in [1.165, 1.54) is 6.42 Å². The van der Waals surface area contributed by atoms with Gasteiger partial charge in [0.25, 0.3) is 0 Å². The topological polar surface area (TPSA) is 20.2 Å². The Balaban J connectivity index is 4.86. The number of hydrogen-bond acceptors (Lipinski definition) is 1. The first-order valence-corrected chi connectivity index (χ1v) is 8.06. The lowest BCUT2D eigenvalue weighted by atomic mass is 9.70. The van der Waals surface area contributed by atoms with Crippen LogP contribution >= 0.6 is 0 Å². The van der Waals surface area contributed by atoms with Gasteiger partial charge in [-0.1, -0.05) is 74.5 Å². The Labute approximate surface area is 127 Å². The van der Waals surface area contributed by atoms with E-state index in [4.69, 9.17) is 0 Å². The maximum Gasteiger partial charge on any atom is 0.0484 e. The molecule has 0 bridgehead atoms. The molecule has 0 rings (SSSR count). The molecule has 0 saturated carbocycles. The molecule has 0 aliphatic carbocycles. The Morgan fingerprint density at radius 1 is 0.750 bits per heavy atom. The van der Waals surface area contributed by atoms with Crippen LogP contribution in [-0.2, 0) is 0 Å². The molecule has 1 N–H and O–H groups in total. The van der Waals surface area contributed by atoms with Gasteiger partial charge in [0.1, 0.15) is 0 Å². The first-order chi connectivity index (χ1) is 8.74. The summed E-state index contributed by atoms with van der Waals surface area (Å²) in [6.45, 7) is 20.7. The smallest absolute Gasteiger partial charge is 0.0484 e. The van der Waals surface area contributed by atoms with Gasteiger partial charge >= 0.3 is 0 Å². The first-order valence-electron chi connectivity index (χ1n) is 8.06. The van der Waals surface area contributed by atoms with E-state index in [0.717, 1.165) is 12.8 Å². The van der Waals surface area contributed by atoms with Gasteiger partial charge in [-0.05, 0) is 40.9 Å². The average Bonchev–Trinajstić information content (AvgIpc) is 2.23. The molecule has 0 amide bonds. The molecule has 0 aromatic heterocycles. The van der Waals surface area contributed by atoms with Crippen molar-refractivity contribution in [2.24, 2.45) is 21.7 Å². The van der Waals surface area contributed by atoms with Gasteiger partial charge < -0.3 is 5.11 Å². The van der Waals surface area contributed by atoms with Crippen molar-refractivity contribution in [3.05, 3.63) is 12.2 Å². The molecule has 1 nitrogen and oxygen atoms in total. The van der Waals surface area contributed by atoms with Crippen molar-refractivity contribution < 1.29 is 5.11 Å². The fraction of sp³-hybridized carbons (Fsp3) is 0.895. The molecular weight excluding hydrogens is 244 g/mol. The van der Waals surface area contributed by atoms with E-state index in [1.807, 2.05) is 0 Å². The summed E-state index contributed by atoms with van der Waals surface area (Å²) in [5.74, 6) is 0. The zero-order valence-electron chi connectivity index (χ0n) is 15.4. The van der Waals surface area contributed by atoms with Crippen LogP contribution in [0.3, 0.4) is 0 Å². The van der Waals surface area contributed by atoms with Crippen LogP contribution < -0.4 is 0 Å². The monoisotopic (exact) mass is 282 g/mol. The Kier molecular flexibility index (Phi) is 6.54. The van der Waals surface area contributed by atoms with E-state index in [-0.39, 0.29) is 22.9 Å². The van der Waals surface area contributed by atoms with Crippen LogP contribution in [0.4, 0.5) is 0 Å².